The van der Waals surface area contributed by atoms with Crippen molar-refractivity contribution in [2.24, 2.45) is 11.3 Å². The van der Waals surface area contributed by atoms with Gasteiger partial charge in [-0.2, -0.15) is 0 Å². The maximum atomic E-state index is 5.83. The van der Waals surface area contributed by atoms with Crippen molar-refractivity contribution in [1.29, 1.82) is 0 Å². The van der Waals surface area contributed by atoms with Crippen LogP contribution in [0.4, 0.5) is 0 Å². The molecule has 0 saturated carbocycles. The average Bonchev–Trinajstić information content (AvgIpc) is 1.99. The summed E-state index contributed by atoms with van der Waals surface area (Å²) in [4.78, 5) is 0. The summed E-state index contributed by atoms with van der Waals surface area (Å²) in [6.07, 6.45) is 0.0583. The summed E-state index contributed by atoms with van der Waals surface area (Å²) in [5.74, 6) is 0.716. The van der Waals surface area contributed by atoms with Crippen LogP contribution >= 0.6 is 0 Å². The molecule has 3 nitrogen and oxygen atoms in total. The molecule has 0 aromatic heterocycles. The fraction of sp³-hybridized carbons (Fsp3) is 1.00. The van der Waals surface area contributed by atoms with Crippen LogP contribution in [-0.2, 0) is 8.85 Å². The van der Waals surface area contributed by atoms with E-state index in [1.165, 1.54) is 0 Å². The third kappa shape index (κ3) is 2.67. The van der Waals surface area contributed by atoms with Crippen molar-refractivity contribution in [1.82, 2.24) is 5.32 Å². The van der Waals surface area contributed by atoms with E-state index in [0.717, 1.165) is 13.1 Å². The topological polar surface area (TPSA) is 30.5 Å². The molecule has 0 atom stereocenters. The molecule has 1 N–H and O–H groups in total. The van der Waals surface area contributed by atoms with E-state index in [4.69, 9.17) is 8.85 Å². The number of hydrogen-bond acceptors (Lipinski definition) is 3. The third-order valence-corrected chi connectivity index (χ3v) is 4.35. The second-order valence-corrected chi connectivity index (χ2v) is 6.24. The summed E-state index contributed by atoms with van der Waals surface area (Å²) in [6, 6.07) is 0. The largest absolute Gasteiger partial charge is 0.400 e. The maximum absolute atomic E-state index is 5.83. The van der Waals surface area contributed by atoms with Crippen LogP contribution in [0.3, 0.4) is 0 Å². The summed E-state index contributed by atoms with van der Waals surface area (Å²) in [6.45, 7) is 11.1. The number of nitrogens with one attached hydrogen (secondary N) is 1. The first-order valence-electron chi connectivity index (χ1n) is 5.56. The quantitative estimate of drug-likeness (QED) is 0.511. The minimum absolute atomic E-state index is 0.0583. The van der Waals surface area contributed by atoms with Crippen LogP contribution in [0.2, 0.25) is 13.1 Å². The van der Waals surface area contributed by atoms with Crippen LogP contribution in [0.5, 0.6) is 0 Å². The Kier molecular flexibility index (Phi) is 4.79. The zero-order chi connectivity index (χ0) is 10.6. The molecule has 0 radical (unpaired) electrons. The van der Waals surface area contributed by atoms with Crippen molar-refractivity contribution in [2.45, 2.75) is 33.2 Å². The molecule has 1 heterocycles. The van der Waals surface area contributed by atoms with E-state index in [9.17, 15) is 0 Å². The lowest BCUT2D eigenvalue weighted by molar-refractivity contribution is -0.113. The Morgan fingerprint density at radius 3 is 2.00 bits per heavy atom. The van der Waals surface area contributed by atoms with Crippen molar-refractivity contribution >= 4 is 19.5 Å². The van der Waals surface area contributed by atoms with E-state index in [-0.39, 0.29) is 31.2 Å². The van der Waals surface area contributed by atoms with Gasteiger partial charge in [-0.05, 0) is 19.0 Å². The molecule has 14 heavy (non-hydrogen) atoms. The highest BCUT2D eigenvalue weighted by Crippen LogP contribution is 2.35. The van der Waals surface area contributed by atoms with Crippen molar-refractivity contribution in [3.63, 3.8) is 0 Å². The molecule has 0 aliphatic carbocycles. The van der Waals surface area contributed by atoms with Crippen LogP contribution in [-0.4, -0.2) is 38.9 Å². The van der Waals surface area contributed by atoms with Crippen LogP contribution in [0.15, 0.2) is 0 Å². The van der Waals surface area contributed by atoms with E-state index in [1.807, 2.05) is 0 Å². The fourth-order valence-corrected chi connectivity index (χ4v) is 3.64. The molecule has 1 fully saturated rings. The van der Waals surface area contributed by atoms with Gasteiger partial charge in [0.05, 0.1) is 0 Å². The first kappa shape index (κ1) is 12.4. The predicted octanol–water partition coefficient (Wildman–Crippen LogP) is -0.145. The molecule has 1 rings (SSSR count). The second-order valence-electron chi connectivity index (χ2n) is 4.42. The van der Waals surface area contributed by atoms with Gasteiger partial charge < -0.3 is 14.2 Å². The van der Waals surface area contributed by atoms with Gasteiger partial charge in [-0.25, -0.2) is 0 Å². The van der Waals surface area contributed by atoms with Gasteiger partial charge in [-0.3, -0.25) is 0 Å². The van der Waals surface area contributed by atoms with Gasteiger partial charge in [-0.15, -0.1) is 0 Å². The van der Waals surface area contributed by atoms with E-state index in [2.05, 4.69) is 32.3 Å². The summed E-state index contributed by atoms with van der Waals surface area (Å²) in [5.41, 5.74) is 0.178. The molecule has 0 unspecified atom stereocenters. The molecule has 1 aliphatic heterocycles. The third-order valence-electron chi connectivity index (χ3n) is 3.08. The van der Waals surface area contributed by atoms with Crippen LogP contribution in [0, 0.1) is 11.3 Å². The predicted molar refractivity (Wildman–Crippen MR) is 64.9 cm³/mol. The fourth-order valence-electron chi connectivity index (χ4n) is 1.79. The summed E-state index contributed by atoms with van der Waals surface area (Å²) >= 11 is 0. The van der Waals surface area contributed by atoms with Gasteiger partial charge in [-0.1, -0.05) is 26.9 Å². The van der Waals surface area contributed by atoms with Gasteiger partial charge in [0.25, 0.3) is 0 Å². The van der Waals surface area contributed by atoms with Crippen molar-refractivity contribution in [3.8, 4) is 0 Å². The molecular weight excluding hydrogens is 210 g/mol. The van der Waals surface area contributed by atoms with Crippen LogP contribution in [0.25, 0.3) is 0 Å². The van der Waals surface area contributed by atoms with Gasteiger partial charge in [0, 0.05) is 5.41 Å². The first-order chi connectivity index (χ1) is 6.62. The highest BCUT2D eigenvalue weighted by Gasteiger charge is 2.40. The number of hydrogen-bond donors (Lipinski definition) is 1. The molecule has 5 heteroatoms. The monoisotopic (exact) mass is 233 g/mol. The molecule has 84 valence electrons. The Morgan fingerprint density at radius 2 is 1.71 bits per heavy atom. The summed E-state index contributed by atoms with van der Waals surface area (Å²) in [7, 11) is -0.745. The number of rotatable bonds is 6. The Bertz CT molecular complexity index is 168. The lowest BCUT2D eigenvalue weighted by Crippen LogP contribution is -2.55. The van der Waals surface area contributed by atoms with Crippen molar-refractivity contribution < 1.29 is 8.85 Å². The second kappa shape index (κ2) is 5.41. The molecule has 0 bridgehead atoms. The molecule has 0 aromatic carbocycles. The zero-order valence-corrected chi connectivity index (χ0v) is 12.6. The van der Waals surface area contributed by atoms with Gasteiger partial charge in [0.2, 0.25) is 0 Å². The summed E-state index contributed by atoms with van der Waals surface area (Å²) in [5, 5.41) is 3.32. The molecular formula is C9H23NO2Si2. The van der Waals surface area contributed by atoms with E-state index < -0.39 is 0 Å². The Morgan fingerprint density at radius 1 is 1.21 bits per heavy atom. The normalized spacial score (nSPS) is 22.3. The lowest BCUT2D eigenvalue weighted by Gasteiger charge is -2.45. The minimum Gasteiger partial charge on any atom is -0.400 e. The summed E-state index contributed by atoms with van der Waals surface area (Å²) < 4.78 is 11.7. The van der Waals surface area contributed by atoms with E-state index in [1.54, 1.807) is 0 Å². The van der Waals surface area contributed by atoms with Gasteiger partial charge in [0.1, 0.15) is 6.29 Å². The maximum Gasteiger partial charge on any atom is 0.161 e. The zero-order valence-electron chi connectivity index (χ0n) is 9.80. The highest BCUT2D eigenvalue weighted by molar-refractivity contribution is 6.26. The van der Waals surface area contributed by atoms with Gasteiger partial charge in [0.15, 0.2) is 19.5 Å². The molecule has 0 amide bonds. The first-order valence-corrected chi connectivity index (χ1v) is 9.55. The van der Waals surface area contributed by atoms with E-state index in [0.29, 0.717) is 5.92 Å². The molecule has 0 aromatic rings. The van der Waals surface area contributed by atoms with Crippen molar-refractivity contribution in [2.75, 3.05) is 13.1 Å². The standard InChI is InChI=1S/C9H23NO2Si2/c1-9(2,7-5-10-6-7)8(11-13-3)12-14-4/h7-8,10H,5-6,13-14H2,1-4H3. The lowest BCUT2D eigenvalue weighted by atomic mass is 9.75. The Hall–Kier alpha value is 0.314. The van der Waals surface area contributed by atoms with Crippen LogP contribution in [0.1, 0.15) is 13.8 Å². The van der Waals surface area contributed by atoms with Gasteiger partial charge >= 0.3 is 0 Å². The highest BCUT2D eigenvalue weighted by atomic mass is 28.2. The minimum atomic E-state index is -0.372. The molecule has 0 spiro atoms. The molecule has 1 aliphatic rings. The van der Waals surface area contributed by atoms with Crippen LogP contribution < -0.4 is 5.32 Å². The van der Waals surface area contributed by atoms with Crippen molar-refractivity contribution in [3.05, 3.63) is 0 Å². The SMILES string of the molecule is C[SiH2]OC(O[SiH2]C)C(C)(C)C1CNC1. The molecule has 1 saturated heterocycles. The van der Waals surface area contributed by atoms with E-state index >= 15 is 0 Å². The smallest absolute Gasteiger partial charge is 0.161 e. The Labute approximate surface area is 91.8 Å². The Balaban J connectivity index is 2.53. The average molecular weight is 233 g/mol.